The number of pyridine rings is 1. The van der Waals surface area contributed by atoms with E-state index in [2.05, 4.69) is 33.9 Å². The van der Waals surface area contributed by atoms with Crippen molar-refractivity contribution in [3.8, 4) is 11.6 Å². The Morgan fingerprint density at radius 1 is 1.02 bits per heavy atom. The number of carbonyl (C=O) groups excluding carboxylic acids is 4. The molecule has 3 aliphatic heterocycles. The highest BCUT2D eigenvalue weighted by Crippen LogP contribution is 2.45. The van der Waals surface area contributed by atoms with Crippen LogP contribution >= 0.6 is 0 Å². The average molecular weight is 877 g/mol. The number of hydrogen-bond donors (Lipinski definition) is 3. The molecule has 7 unspecified atom stereocenters. The van der Waals surface area contributed by atoms with Gasteiger partial charge in [0.15, 0.2) is 0 Å². The molecule has 7 atom stereocenters. The van der Waals surface area contributed by atoms with Gasteiger partial charge in [-0.3, -0.25) is 19.1 Å². The summed E-state index contributed by atoms with van der Waals surface area (Å²) in [6.07, 6.45) is 8.33. The lowest BCUT2D eigenvalue weighted by Gasteiger charge is -2.47. The standard InChI is InChI=1S/C46H64N6O9S/c1-7-29-17-20-46(29,42(55)50-62(57,58)45(5)21-22-45)49-39(53)35-26-31-27-52(35)41(54)38(44(2,3)4)48-43(56)61-36-25-28(36)13-9-8-10-15-33-37(59-30-18-23-51(6)24-19-30)32-14-11-12-16-34(32)47-40(33)60-31/h7,11-12,14,16,28-31,35-36,38H,1,8-10,13,15,17-27H2,2-6H3,(H,48,56)(H,49,53)(H,50,55). The molecule has 3 aliphatic carbocycles. The largest absolute Gasteiger partial charge is 0.489 e. The van der Waals surface area contributed by atoms with E-state index in [1.807, 2.05) is 45.0 Å². The Morgan fingerprint density at radius 3 is 2.44 bits per heavy atom. The SMILES string of the molecule is C=CC1CCC1(NC(=O)C1CC2CN1C(=O)C(C(C)(C)C)NC(=O)OC1CC1CCCCCc1c(nc3ccccc3c1OC1CCN(C)CC1)O2)C(=O)NS(=O)(=O)C1(C)CC1. The summed E-state index contributed by atoms with van der Waals surface area (Å²) in [5, 5.41) is 6.68. The molecular formula is C46H64N6O9S. The van der Waals surface area contributed by atoms with Crippen molar-refractivity contribution in [2.45, 2.75) is 152 Å². The normalized spacial score (nSPS) is 30.8. The van der Waals surface area contributed by atoms with E-state index >= 15 is 0 Å². The van der Waals surface area contributed by atoms with E-state index in [0.29, 0.717) is 37.1 Å². The van der Waals surface area contributed by atoms with Crippen molar-refractivity contribution in [3.63, 3.8) is 0 Å². The van der Waals surface area contributed by atoms with Crippen LogP contribution in [0.25, 0.3) is 10.9 Å². The molecule has 16 heteroatoms. The summed E-state index contributed by atoms with van der Waals surface area (Å²) in [6, 6.07) is 5.62. The van der Waals surface area contributed by atoms with E-state index < -0.39 is 73.6 Å². The minimum Gasteiger partial charge on any atom is -0.489 e. The first-order valence-electron chi connectivity index (χ1n) is 22.6. The zero-order chi connectivity index (χ0) is 44.2. The van der Waals surface area contributed by atoms with Gasteiger partial charge in [-0.2, -0.15) is 0 Å². The molecule has 3 saturated carbocycles. The van der Waals surface area contributed by atoms with Gasteiger partial charge in [0.2, 0.25) is 27.7 Å². The summed E-state index contributed by atoms with van der Waals surface area (Å²) in [5.41, 5.74) is -0.846. The van der Waals surface area contributed by atoms with Gasteiger partial charge >= 0.3 is 6.09 Å². The van der Waals surface area contributed by atoms with Crippen LogP contribution in [0.3, 0.4) is 0 Å². The number of alkyl carbamates (subject to hydrolysis) is 1. The zero-order valence-electron chi connectivity index (χ0n) is 36.9. The highest BCUT2D eigenvalue weighted by molar-refractivity contribution is 7.91. The highest BCUT2D eigenvalue weighted by Gasteiger charge is 2.58. The fraction of sp³-hybridized carbons (Fsp3) is 0.674. The second kappa shape index (κ2) is 16.9. The number of benzene rings is 1. The van der Waals surface area contributed by atoms with Crippen LogP contribution in [-0.2, 0) is 35.6 Å². The Morgan fingerprint density at radius 2 is 1.76 bits per heavy atom. The van der Waals surface area contributed by atoms with Crippen molar-refractivity contribution < 1.29 is 41.8 Å². The van der Waals surface area contributed by atoms with Crippen molar-refractivity contribution in [1.82, 2.24) is 30.1 Å². The summed E-state index contributed by atoms with van der Waals surface area (Å²) >= 11 is 0. The average Bonchev–Trinajstić information content (AvgIpc) is 4.11. The van der Waals surface area contributed by atoms with Crippen LogP contribution in [0.2, 0.25) is 0 Å². The van der Waals surface area contributed by atoms with E-state index in [-0.39, 0.29) is 37.5 Å². The van der Waals surface area contributed by atoms with E-state index in [4.69, 9.17) is 19.2 Å². The van der Waals surface area contributed by atoms with E-state index in [1.54, 1.807) is 13.0 Å². The van der Waals surface area contributed by atoms with Crippen molar-refractivity contribution >= 4 is 44.7 Å². The number of nitrogens with one attached hydrogen (secondary N) is 3. The number of rotatable bonds is 8. The van der Waals surface area contributed by atoms with Gasteiger partial charge in [0, 0.05) is 30.8 Å². The van der Waals surface area contributed by atoms with Crippen LogP contribution in [0, 0.1) is 17.3 Å². The van der Waals surface area contributed by atoms with E-state index in [9.17, 15) is 27.6 Å². The maximum absolute atomic E-state index is 14.9. The first-order valence-corrected chi connectivity index (χ1v) is 24.1. The van der Waals surface area contributed by atoms with Crippen LogP contribution in [0.4, 0.5) is 4.79 Å². The van der Waals surface area contributed by atoms with Crippen molar-refractivity contribution in [1.29, 1.82) is 0 Å². The molecule has 15 nitrogen and oxygen atoms in total. The predicted molar refractivity (Wildman–Crippen MR) is 233 cm³/mol. The number of carbonyl (C=O) groups is 4. The fourth-order valence-corrected chi connectivity index (χ4v) is 10.9. The van der Waals surface area contributed by atoms with Crippen molar-refractivity contribution in [2.24, 2.45) is 17.3 Å². The first-order chi connectivity index (χ1) is 29.4. The first kappa shape index (κ1) is 44.2. The number of sulfonamides is 1. The molecule has 6 aliphatic rings. The van der Waals surface area contributed by atoms with Gasteiger partial charge in [0.1, 0.15) is 41.7 Å². The molecule has 3 N–H and O–H groups in total. The highest BCUT2D eigenvalue weighted by atomic mass is 32.2. The Hall–Kier alpha value is -4.44. The quantitative estimate of drug-likeness (QED) is 0.298. The number of fused-ring (bicyclic) bond motifs is 5. The molecule has 2 aromatic rings. The maximum atomic E-state index is 14.9. The molecule has 0 radical (unpaired) electrons. The summed E-state index contributed by atoms with van der Waals surface area (Å²) in [5.74, 6) is -1.13. The van der Waals surface area contributed by atoms with Crippen LogP contribution in [0.15, 0.2) is 36.9 Å². The van der Waals surface area contributed by atoms with Gasteiger partial charge in [-0.05, 0) is 102 Å². The number of likely N-dealkylation sites (tertiary alicyclic amines) is 1. The number of hydrogen-bond acceptors (Lipinski definition) is 11. The molecule has 5 fully saturated rings. The molecule has 1 aromatic carbocycles. The Kier molecular flexibility index (Phi) is 12.1. The zero-order valence-corrected chi connectivity index (χ0v) is 37.7. The third-order valence-electron chi connectivity index (χ3n) is 14.3. The van der Waals surface area contributed by atoms with E-state index in [0.717, 1.165) is 74.7 Å². The minimum absolute atomic E-state index is 0.00991. The third-order valence-corrected chi connectivity index (χ3v) is 16.5. The van der Waals surface area contributed by atoms with Crippen molar-refractivity contribution in [3.05, 3.63) is 42.5 Å². The molecule has 4 heterocycles. The molecule has 62 heavy (non-hydrogen) atoms. The molecule has 4 amide bonds. The van der Waals surface area contributed by atoms with E-state index in [1.165, 1.54) is 4.90 Å². The number of piperidine rings is 1. The molecule has 2 bridgehead atoms. The number of aromatic nitrogens is 1. The smallest absolute Gasteiger partial charge is 0.408 e. The fourth-order valence-electron chi connectivity index (χ4n) is 9.61. The summed E-state index contributed by atoms with van der Waals surface area (Å²) in [4.78, 5) is 66.0. The number of para-hydroxylation sites is 1. The minimum atomic E-state index is -4.03. The van der Waals surface area contributed by atoms with Gasteiger partial charge in [0.05, 0.1) is 22.4 Å². The van der Waals surface area contributed by atoms with Gasteiger partial charge in [0.25, 0.3) is 5.91 Å². The molecule has 2 saturated heterocycles. The number of nitrogens with zero attached hydrogens (tertiary/aromatic N) is 3. The van der Waals surface area contributed by atoms with Gasteiger partial charge in [-0.15, -0.1) is 6.58 Å². The van der Waals surface area contributed by atoms with Crippen LogP contribution < -0.4 is 24.8 Å². The Labute approximate surface area is 365 Å². The molecular weight excluding hydrogens is 813 g/mol. The van der Waals surface area contributed by atoms with Crippen LogP contribution in [-0.4, -0.2) is 114 Å². The van der Waals surface area contributed by atoms with Crippen molar-refractivity contribution in [2.75, 3.05) is 26.7 Å². The monoisotopic (exact) mass is 876 g/mol. The second-order valence-electron chi connectivity index (χ2n) is 20.1. The summed E-state index contributed by atoms with van der Waals surface area (Å²) in [7, 11) is -1.91. The summed E-state index contributed by atoms with van der Waals surface area (Å²) < 4.78 is 47.5. The van der Waals surface area contributed by atoms with Crippen LogP contribution in [0.5, 0.6) is 11.6 Å². The Bertz CT molecular complexity index is 2200. The predicted octanol–water partition coefficient (Wildman–Crippen LogP) is 5.15. The summed E-state index contributed by atoms with van der Waals surface area (Å²) in [6.45, 7) is 12.8. The van der Waals surface area contributed by atoms with Gasteiger partial charge < -0.3 is 34.6 Å². The Balaban J connectivity index is 1.15. The lowest BCUT2D eigenvalue weighted by atomic mass is 9.66. The third kappa shape index (κ3) is 8.87. The molecule has 338 valence electrons. The van der Waals surface area contributed by atoms with Gasteiger partial charge in [-0.1, -0.05) is 51.8 Å². The molecule has 0 spiro atoms. The second-order valence-corrected chi connectivity index (χ2v) is 22.2. The number of ether oxygens (including phenoxy) is 3. The lowest BCUT2D eigenvalue weighted by molar-refractivity contribution is -0.145. The van der Waals surface area contributed by atoms with Gasteiger partial charge in [-0.25, -0.2) is 18.2 Å². The maximum Gasteiger partial charge on any atom is 0.408 e. The van der Waals surface area contributed by atoms with Crippen LogP contribution in [0.1, 0.15) is 110 Å². The number of amides is 4. The lowest BCUT2D eigenvalue weighted by Crippen LogP contribution is -2.70. The molecule has 1 aromatic heterocycles. The molecule has 8 rings (SSSR count). The topological polar surface area (TPSA) is 186 Å².